The van der Waals surface area contributed by atoms with Crippen molar-refractivity contribution >= 4 is 56.9 Å². The highest BCUT2D eigenvalue weighted by atomic mass is 16.5. The summed E-state index contributed by atoms with van der Waals surface area (Å²) in [6, 6.07) is 51.0. The molecular formula is C42H34N6O. The topological polar surface area (TPSA) is 51.9 Å². The summed E-state index contributed by atoms with van der Waals surface area (Å²) in [6.45, 7) is 6.17. The van der Waals surface area contributed by atoms with Crippen LogP contribution < -0.4 is 19.6 Å². The van der Waals surface area contributed by atoms with E-state index in [1.807, 2.05) is 0 Å². The van der Waals surface area contributed by atoms with E-state index in [1.165, 1.54) is 22.7 Å². The molecule has 238 valence electrons. The summed E-state index contributed by atoms with van der Waals surface area (Å²) in [5, 5.41) is 4.37. The first-order valence-electron chi connectivity index (χ1n) is 16.8. The first-order valence-corrected chi connectivity index (χ1v) is 16.8. The summed E-state index contributed by atoms with van der Waals surface area (Å²) in [5.74, 6) is 1.04. The molecule has 49 heavy (non-hydrogen) atoms. The van der Waals surface area contributed by atoms with Crippen LogP contribution in [-0.2, 0) is 0 Å². The normalized spacial score (nSPS) is 13.1. The van der Waals surface area contributed by atoms with Crippen molar-refractivity contribution in [2.24, 2.45) is 0 Å². The zero-order chi connectivity index (χ0) is 32.9. The maximum absolute atomic E-state index is 5.80. The molecule has 2 aliphatic rings. The third kappa shape index (κ3) is 4.65. The Hall–Kier alpha value is -6.34. The molecule has 2 aliphatic heterocycles. The smallest absolute Gasteiger partial charge is 0.258 e. The predicted molar refractivity (Wildman–Crippen MR) is 200 cm³/mol. The van der Waals surface area contributed by atoms with E-state index < -0.39 is 0 Å². The van der Waals surface area contributed by atoms with Crippen LogP contribution in [-0.4, -0.2) is 23.2 Å². The van der Waals surface area contributed by atoms with Crippen LogP contribution in [0.25, 0.3) is 22.8 Å². The first-order chi connectivity index (χ1) is 24.2. The summed E-state index contributed by atoms with van der Waals surface area (Å²) < 4.78 is 5.80. The maximum Gasteiger partial charge on any atom is 0.258 e. The third-order valence-electron chi connectivity index (χ3n) is 9.47. The van der Waals surface area contributed by atoms with Gasteiger partial charge in [-0.1, -0.05) is 53.7 Å². The molecule has 0 atom stereocenters. The van der Waals surface area contributed by atoms with Gasteiger partial charge in [-0.05, 0) is 111 Å². The largest absolute Gasteiger partial charge is 0.338 e. The fourth-order valence-electron chi connectivity index (χ4n) is 7.25. The average Bonchev–Trinajstić information content (AvgIpc) is 3.67. The van der Waals surface area contributed by atoms with E-state index in [0.717, 1.165) is 58.3 Å². The Morgan fingerprint density at radius 3 is 1.14 bits per heavy atom. The van der Waals surface area contributed by atoms with E-state index in [1.54, 1.807) is 0 Å². The van der Waals surface area contributed by atoms with Gasteiger partial charge in [-0.25, -0.2) is 0 Å². The molecule has 0 saturated carbocycles. The maximum atomic E-state index is 5.80. The molecule has 7 aromatic rings. The van der Waals surface area contributed by atoms with E-state index in [9.17, 15) is 0 Å². The number of hydrogen-bond donors (Lipinski definition) is 0. The number of anilines is 10. The molecule has 0 aliphatic carbocycles. The van der Waals surface area contributed by atoms with Gasteiger partial charge in [-0.2, -0.15) is 4.98 Å². The van der Waals surface area contributed by atoms with Gasteiger partial charge in [0.2, 0.25) is 5.82 Å². The summed E-state index contributed by atoms with van der Waals surface area (Å²) in [5.41, 5.74) is 13.3. The number of para-hydroxylation sites is 8. The molecule has 7 heteroatoms. The van der Waals surface area contributed by atoms with Crippen LogP contribution in [0.1, 0.15) is 13.8 Å². The lowest BCUT2D eigenvalue weighted by Crippen LogP contribution is -2.26. The van der Waals surface area contributed by atoms with Gasteiger partial charge in [0, 0.05) is 35.6 Å². The first kappa shape index (κ1) is 28.8. The fourth-order valence-corrected chi connectivity index (χ4v) is 7.25. The van der Waals surface area contributed by atoms with Gasteiger partial charge in [0.25, 0.3) is 5.89 Å². The molecule has 6 aromatic carbocycles. The highest BCUT2D eigenvalue weighted by Gasteiger charge is 2.29. The lowest BCUT2D eigenvalue weighted by atomic mass is 10.1. The number of hydrogen-bond acceptors (Lipinski definition) is 7. The minimum absolute atomic E-state index is 0.487. The van der Waals surface area contributed by atoms with E-state index in [2.05, 4.69) is 184 Å². The van der Waals surface area contributed by atoms with Crippen molar-refractivity contribution in [3.05, 3.63) is 146 Å². The molecule has 1 aromatic heterocycles. The number of aromatic nitrogens is 2. The second-order valence-electron chi connectivity index (χ2n) is 12.1. The molecular weight excluding hydrogens is 605 g/mol. The van der Waals surface area contributed by atoms with E-state index in [-0.39, 0.29) is 0 Å². The Kier molecular flexibility index (Phi) is 6.90. The van der Waals surface area contributed by atoms with Crippen molar-refractivity contribution in [3.63, 3.8) is 0 Å². The van der Waals surface area contributed by atoms with E-state index in [0.29, 0.717) is 11.7 Å². The molecule has 0 radical (unpaired) electrons. The second kappa shape index (κ2) is 11.7. The molecule has 0 amide bonds. The summed E-state index contributed by atoms with van der Waals surface area (Å²) in [4.78, 5) is 14.2. The summed E-state index contributed by atoms with van der Waals surface area (Å²) in [6.07, 6.45) is 0. The Morgan fingerprint density at radius 2 is 0.776 bits per heavy atom. The monoisotopic (exact) mass is 638 g/mol. The molecule has 0 N–H and O–H groups in total. The van der Waals surface area contributed by atoms with Gasteiger partial charge < -0.3 is 24.1 Å². The molecule has 7 nitrogen and oxygen atoms in total. The van der Waals surface area contributed by atoms with Crippen molar-refractivity contribution in [1.29, 1.82) is 0 Å². The lowest BCUT2D eigenvalue weighted by Gasteiger charge is -2.39. The predicted octanol–water partition coefficient (Wildman–Crippen LogP) is 11.3. The van der Waals surface area contributed by atoms with Crippen LogP contribution in [0.15, 0.2) is 150 Å². The summed E-state index contributed by atoms with van der Waals surface area (Å²) in [7, 11) is 0. The van der Waals surface area contributed by atoms with Crippen LogP contribution in [0.3, 0.4) is 0 Å². The highest BCUT2D eigenvalue weighted by Crippen LogP contribution is 2.52. The van der Waals surface area contributed by atoms with Crippen molar-refractivity contribution < 1.29 is 4.52 Å². The molecule has 9 rings (SSSR count). The van der Waals surface area contributed by atoms with Gasteiger partial charge in [-0.3, -0.25) is 0 Å². The Morgan fingerprint density at radius 1 is 0.429 bits per heavy atom. The third-order valence-corrected chi connectivity index (χ3v) is 9.47. The van der Waals surface area contributed by atoms with E-state index in [4.69, 9.17) is 9.51 Å². The van der Waals surface area contributed by atoms with Crippen LogP contribution >= 0.6 is 0 Å². The number of benzene rings is 6. The number of fused-ring (bicyclic) bond motifs is 4. The average molecular weight is 639 g/mol. The molecule has 3 heterocycles. The SMILES string of the molecule is CCN1c2ccccc2N(c2ccc(-c3noc(-c4ccc(N5c6ccccc6N(CC)c6ccccc65)cc4)n3)cc2)c2ccccc21. The highest BCUT2D eigenvalue weighted by molar-refractivity contribution is 5.99. The van der Waals surface area contributed by atoms with Crippen LogP contribution in [0, 0.1) is 0 Å². The minimum atomic E-state index is 0.487. The van der Waals surface area contributed by atoms with Crippen LogP contribution in [0.2, 0.25) is 0 Å². The van der Waals surface area contributed by atoms with Crippen molar-refractivity contribution in [2.75, 3.05) is 32.7 Å². The van der Waals surface area contributed by atoms with Gasteiger partial charge in [0.1, 0.15) is 0 Å². The quantitative estimate of drug-likeness (QED) is 0.180. The standard InChI is InChI=1S/C42H34N6O/c1-3-45-33-13-5-9-17-37(33)47(38-18-10-6-14-34(38)45)31-25-21-29(22-26-31)41-43-42(49-44-41)30-23-27-32(28-24-30)48-39-19-11-7-15-35(39)46(4-2)36-16-8-12-20-40(36)48/h5-28H,3-4H2,1-2H3. The zero-order valence-electron chi connectivity index (χ0n) is 27.4. The van der Waals surface area contributed by atoms with Gasteiger partial charge >= 0.3 is 0 Å². The fraction of sp³-hybridized carbons (Fsp3) is 0.0952. The molecule has 0 bridgehead atoms. The Balaban J connectivity index is 1.01. The van der Waals surface area contributed by atoms with Crippen molar-refractivity contribution in [1.82, 2.24) is 10.1 Å². The summed E-state index contributed by atoms with van der Waals surface area (Å²) >= 11 is 0. The molecule has 0 unspecified atom stereocenters. The molecule has 0 fully saturated rings. The van der Waals surface area contributed by atoms with Gasteiger partial charge in [0.05, 0.1) is 45.5 Å². The zero-order valence-corrected chi connectivity index (χ0v) is 27.4. The Labute approximate surface area is 285 Å². The molecule has 0 spiro atoms. The van der Waals surface area contributed by atoms with E-state index >= 15 is 0 Å². The Bertz CT molecular complexity index is 2040. The van der Waals surface area contributed by atoms with Gasteiger partial charge in [-0.15, -0.1) is 0 Å². The molecule has 0 saturated heterocycles. The van der Waals surface area contributed by atoms with Crippen molar-refractivity contribution in [3.8, 4) is 22.8 Å². The second-order valence-corrected chi connectivity index (χ2v) is 12.1. The van der Waals surface area contributed by atoms with Crippen LogP contribution in [0.4, 0.5) is 56.9 Å². The number of nitrogens with zero attached hydrogens (tertiary/aromatic N) is 6. The lowest BCUT2D eigenvalue weighted by molar-refractivity contribution is 0.432. The minimum Gasteiger partial charge on any atom is -0.338 e. The van der Waals surface area contributed by atoms with Crippen molar-refractivity contribution in [2.45, 2.75) is 13.8 Å². The number of rotatable bonds is 6. The van der Waals surface area contributed by atoms with Gasteiger partial charge in [0.15, 0.2) is 0 Å². The van der Waals surface area contributed by atoms with Crippen LogP contribution in [0.5, 0.6) is 0 Å².